The first-order chi connectivity index (χ1) is 13.7. The highest BCUT2D eigenvalue weighted by atomic mass is 19.1. The molecule has 4 aromatic rings. The van der Waals surface area contributed by atoms with E-state index in [-0.39, 0.29) is 17.9 Å². The molecule has 2 heterocycles. The number of benzene rings is 2. The molecule has 2 aromatic carbocycles. The maximum atomic E-state index is 13.7. The van der Waals surface area contributed by atoms with Crippen LogP contribution in [0.25, 0.3) is 10.9 Å². The van der Waals surface area contributed by atoms with Gasteiger partial charge in [0.1, 0.15) is 35.0 Å². The van der Waals surface area contributed by atoms with E-state index in [0.717, 1.165) is 0 Å². The predicted molar refractivity (Wildman–Crippen MR) is 102 cm³/mol. The Bertz CT molecular complexity index is 1130. The molecule has 2 aromatic heterocycles. The lowest BCUT2D eigenvalue weighted by Gasteiger charge is -2.11. The van der Waals surface area contributed by atoms with Crippen molar-refractivity contribution in [1.29, 1.82) is 0 Å². The minimum absolute atomic E-state index is 0.0158. The quantitative estimate of drug-likeness (QED) is 0.464. The topological polar surface area (TPSA) is 61.3 Å². The van der Waals surface area contributed by atoms with Crippen LogP contribution in [0.15, 0.2) is 79.3 Å². The number of hydrogen-bond acceptors (Lipinski definition) is 5. The molecule has 0 unspecified atom stereocenters. The van der Waals surface area contributed by atoms with Crippen LogP contribution in [-0.2, 0) is 11.3 Å². The van der Waals surface area contributed by atoms with Gasteiger partial charge < -0.3 is 9.47 Å². The van der Waals surface area contributed by atoms with Crippen molar-refractivity contribution in [3.8, 4) is 11.5 Å². The Morgan fingerprint density at radius 2 is 1.82 bits per heavy atom. The van der Waals surface area contributed by atoms with E-state index in [4.69, 9.17) is 9.47 Å². The van der Waals surface area contributed by atoms with Gasteiger partial charge in [0.2, 0.25) is 0 Å². The molecule has 0 atom stereocenters. The van der Waals surface area contributed by atoms with Crippen molar-refractivity contribution in [2.24, 2.45) is 0 Å². The summed E-state index contributed by atoms with van der Waals surface area (Å²) >= 11 is 0. The molecule has 28 heavy (non-hydrogen) atoms. The van der Waals surface area contributed by atoms with Gasteiger partial charge in [0.25, 0.3) is 0 Å². The summed E-state index contributed by atoms with van der Waals surface area (Å²) in [4.78, 5) is 20.6. The zero-order valence-electron chi connectivity index (χ0n) is 14.7. The van der Waals surface area contributed by atoms with Gasteiger partial charge in [0, 0.05) is 29.5 Å². The first kappa shape index (κ1) is 17.6. The summed E-state index contributed by atoms with van der Waals surface area (Å²) in [6.07, 6.45) is 4.70. The number of aromatic nitrogens is 2. The van der Waals surface area contributed by atoms with Crippen LogP contribution >= 0.6 is 0 Å². The van der Waals surface area contributed by atoms with E-state index in [1.807, 2.05) is 0 Å². The highest BCUT2D eigenvalue weighted by Gasteiger charge is 2.15. The Balaban J connectivity index is 1.50. The summed E-state index contributed by atoms with van der Waals surface area (Å²) in [5, 5.41) is 0.648. The molecule has 0 aliphatic carbocycles. The Morgan fingerprint density at radius 3 is 2.68 bits per heavy atom. The molecule has 4 rings (SSSR count). The number of para-hydroxylation sites is 2. The normalized spacial score (nSPS) is 10.6. The third kappa shape index (κ3) is 3.81. The fourth-order valence-corrected chi connectivity index (χ4v) is 2.73. The molecule has 0 amide bonds. The van der Waals surface area contributed by atoms with Gasteiger partial charge in [-0.2, -0.15) is 0 Å². The molecule has 0 fully saturated rings. The Morgan fingerprint density at radius 1 is 1.00 bits per heavy atom. The molecule has 0 spiro atoms. The van der Waals surface area contributed by atoms with Crippen LogP contribution in [0, 0.1) is 5.82 Å². The SMILES string of the molecule is O=C(OCc1cnc2c(F)cccc2c1)c1ccccc1Oc1ccncc1. The summed E-state index contributed by atoms with van der Waals surface area (Å²) in [5.74, 6) is 0.0423. The number of pyridine rings is 2. The van der Waals surface area contributed by atoms with Crippen LogP contribution in [0.3, 0.4) is 0 Å². The molecule has 0 saturated carbocycles. The third-order valence-corrected chi connectivity index (χ3v) is 4.07. The van der Waals surface area contributed by atoms with Gasteiger partial charge in [-0.3, -0.25) is 9.97 Å². The minimum Gasteiger partial charge on any atom is -0.457 e. The zero-order valence-corrected chi connectivity index (χ0v) is 14.7. The van der Waals surface area contributed by atoms with E-state index in [0.29, 0.717) is 28.0 Å². The molecule has 0 bridgehead atoms. The van der Waals surface area contributed by atoms with E-state index in [9.17, 15) is 9.18 Å². The fourth-order valence-electron chi connectivity index (χ4n) is 2.73. The average Bonchev–Trinajstić information content (AvgIpc) is 2.73. The van der Waals surface area contributed by atoms with Crippen molar-refractivity contribution in [1.82, 2.24) is 9.97 Å². The summed E-state index contributed by atoms with van der Waals surface area (Å²) < 4.78 is 24.9. The van der Waals surface area contributed by atoms with Crippen LogP contribution in [0.2, 0.25) is 0 Å². The molecular weight excluding hydrogens is 359 g/mol. The summed E-state index contributed by atoms with van der Waals surface area (Å²) in [5.41, 5.74) is 1.26. The monoisotopic (exact) mass is 374 g/mol. The molecular formula is C22H15FN2O3. The Kier molecular flexibility index (Phi) is 4.93. The average molecular weight is 374 g/mol. The van der Waals surface area contributed by atoms with Crippen molar-refractivity contribution < 1.29 is 18.7 Å². The molecule has 0 N–H and O–H groups in total. The number of ether oxygens (including phenoxy) is 2. The number of nitrogens with zero attached hydrogens (tertiary/aromatic N) is 2. The number of halogens is 1. The van der Waals surface area contributed by atoms with Crippen LogP contribution in [0.5, 0.6) is 11.5 Å². The standard InChI is InChI=1S/C22H15FN2O3/c23-19-6-3-4-16-12-15(13-25-21(16)19)14-27-22(26)18-5-1-2-7-20(18)28-17-8-10-24-11-9-17/h1-13H,14H2. The second-order valence-electron chi connectivity index (χ2n) is 6.01. The highest BCUT2D eigenvalue weighted by molar-refractivity contribution is 5.92. The lowest BCUT2D eigenvalue weighted by Crippen LogP contribution is -2.07. The molecule has 0 aliphatic rings. The number of hydrogen-bond donors (Lipinski definition) is 0. The smallest absolute Gasteiger partial charge is 0.342 e. The van der Waals surface area contributed by atoms with Gasteiger partial charge in [0.05, 0.1) is 0 Å². The number of carbonyl (C=O) groups excluding carboxylic acids is 1. The maximum Gasteiger partial charge on any atom is 0.342 e. The van der Waals surface area contributed by atoms with Crippen molar-refractivity contribution in [3.63, 3.8) is 0 Å². The van der Waals surface area contributed by atoms with Crippen molar-refractivity contribution in [3.05, 3.63) is 96.2 Å². The van der Waals surface area contributed by atoms with Crippen molar-refractivity contribution in [2.75, 3.05) is 0 Å². The van der Waals surface area contributed by atoms with Crippen LogP contribution < -0.4 is 4.74 Å². The van der Waals surface area contributed by atoms with Crippen LogP contribution in [0.4, 0.5) is 4.39 Å². The van der Waals surface area contributed by atoms with E-state index >= 15 is 0 Å². The number of esters is 1. The fraction of sp³-hybridized carbons (Fsp3) is 0.0455. The van der Waals surface area contributed by atoms with Crippen LogP contribution in [0.1, 0.15) is 15.9 Å². The van der Waals surface area contributed by atoms with E-state index in [1.165, 1.54) is 12.3 Å². The van der Waals surface area contributed by atoms with Gasteiger partial charge in [-0.25, -0.2) is 9.18 Å². The van der Waals surface area contributed by atoms with E-state index in [2.05, 4.69) is 9.97 Å². The van der Waals surface area contributed by atoms with Crippen molar-refractivity contribution in [2.45, 2.75) is 6.61 Å². The molecule has 6 heteroatoms. The molecule has 138 valence electrons. The van der Waals surface area contributed by atoms with Gasteiger partial charge in [-0.05, 0) is 36.4 Å². The van der Waals surface area contributed by atoms with Crippen LogP contribution in [-0.4, -0.2) is 15.9 Å². The van der Waals surface area contributed by atoms with Gasteiger partial charge >= 0.3 is 5.97 Å². The zero-order chi connectivity index (χ0) is 19.3. The second kappa shape index (κ2) is 7.84. The Hall–Kier alpha value is -3.80. The molecule has 0 saturated heterocycles. The number of fused-ring (bicyclic) bond motifs is 1. The summed E-state index contributed by atoms with van der Waals surface area (Å²) in [6, 6.07) is 16.7. The maximum absolute atomic E-state index is 13.7. The lowest BCUT2D eigenvalue weighted by atomic mass is 10.1. The van der Waals surface area contributed by atoms with Gasteiger partial charge in [0.15, 0.2) is 0 Å². The van der Waals surface area contributed by atoms with Crippen molar-refractivity contribution >= 4 is 16.9 Å². The number of carbonyl (C=O) groups is 1. The van der Waals surface area contributed by atoms with E-state index in [1.54, 1.807) is 67.0 Å². The molecule has 0 aliphatic heterocycles. The minimum atomic E-state index is -0.524. The second-order valence-corrected chi connectivity index (χ2v) is 6.01. The Labute approximate surface area is 160 Å². The largest absolute Gasteiger partial charge is 0.457 e. The first-order valence-electron chi connectivity index (χ1n) is 8.58. The number of rotatable bonds is 5. The van der Waals surface area contributed by atoms with Gasteiger partial charge in [-0.1, -0.05) is 24.3 Å². The first-order valence-corrected chi connectivity index (χ1v) is 8.58. The van der Waals surface area contributed by atoms with Gasteiger partial charge in [-0.15, -0.1) is 0 Å². The lowest BCUT2D eigenvalue weighted by molar-refractivity contribution is 0.0469. The third-order valence-electron chi connectivity index (χ3n) is 4.07. The predicted octanol–water partition coefficient (Wildman–Crippen LogP) is 4.92. The molecule has 0 radical (unpaired) electrons. The summed E-state index contributed by atoms with van der Waals surface area (Å²) in [6.45, 7) is 0.0158. The highest BCUT2D eigenvalue weighted by Crippen LogP contribution is 2.26. The van der Waals surface area contributed by atoms with E-state index < -0.39 is 5.97 Å². The molecule has 5 nitrogen and oxygen atoms in total. The summed E-state index contributed by atoms with van der Waals surface area (Å²) in [7, 11) is 0.